The number of esters is 1. The molecule has 5 nitrogen and oxygen atoms in total. The molecule has 2 aromatic carbocycles. The molecule has 0 saturated carbocycles. The zero-order valence-corrected chi connectivity index (χ0v) is 17.8. The predicted molar refractivity (Wildman–Crippen MR) is 115 cm³/mol. The summed E-state index contributed by atoms with van der Waals surface area (Å²) in [6.45, 7) is 7.59. The van der Waals surface area contributed by atoms with E-state index in [0.29, 0.717) is 26.3 Å². The number of benzene rings is 2. The number of ether oxygens (including phenoxy) is 3. The molecule has 2 atom stereocenters. The van der Waals surface area contributed by atoms with Crippen LogP contribution in [0.3, 0.4) is 0 Å². The minimum absolute atomic E-state index is 0.283. The number of carbonyl (C=O) groups is 1. The number of hydrogen-bond donors (Lipinski definition) is 0. The Kier molecular flexibility index (Phi) is 7.64. The van der Waals surface area contributed by atoms with Gasteiger partial charge in [0, 0.05) is 19.0 Å². The van der Waals surface area contributed by atoms with Crippen LogP contribution < -0.4 is 0 Å². The van der Waals surface area contributed by atoms with Crippen molar-refractivity contribution in [3.8, 4) is 11.8 Å². The molecular formula is C25H29NO4. The lowest BCUT2D eigenvalue weighted by molar-refractivity contribution is -0.144. The second-order valence-corrected chi connectivity index (χ2v) is 7.68. The summed E-state index contributed by atoms with van der Waals surface area (Å²) in [7, 11) is 0. The zero-order chi connectivity index (χ0) is 21.4. The first-order valence-corrected chi connectivity index (χ1v) is 10.3. The fourth-order valence-electron chi connectivity index (χ4n) is 3.48. The molecule has 1 heterocycles. The van der Waals surface area contributed by atoms with Crippen molar-refractivity contribution in [2.24, 2.45) is 0 Å². The molecule has 0 aromatic heterocycles. The highest BCUT2D eigenvalue weighted by Crippen LogP contribution is 2.27. The van der Waals surface area contributed by atoms with Gasteiger partial charge in [-0.15, -0.1) is 0 Å². The lowest BCUT2D eigenvalue weighted by atomic mass is 10.1. The average Bonchev–Trinajstić information content (AvgIpc) is 3.09. The lowest BCUT2D eigenvalue weighted by Crippen LogP contribution is -2.44. The maximum Gasteiger partial charge on any atom is 0.384 e. The second-order valence-electron chi connectivity index (χ2n) is 7.68. The molecule has 1 aliphatic rings. The minimum Gasteiger partial charge on any atom is -0.456 e. The minimum atomic E-state index is -0.681. The van der Waals surface area contributed by atoms with Gasteiger partial charge >= 0.3 is 5.97 Å². The normalized spacial score (nSPS) is 18.5. The summed E-state index contributed by atoms with van der Waals surface area (Å²) in [4.78, 5) is 14.2. The van der Waals surface area contributed by atoms with Gasteiger partial charge in [-0.3, -0.25) is 4.90 Å². The summed E-state index contributed by atoms with van der Waals surface area (Å²) in [5.74, 6) is 4.56. The number of hydrogen-bond acceptors (Lipinski definition) is 5. The number of rotatable bonds is 7. The first-order chi connectivity index (χ1) is 14.5. The van der Waals surface area contributed by atoms with Gasteiger partial charge in [-0.25, -0.2) is 4.79 Å². The van der Waals surface area contributed by atoms with Crippen LogP contribution in [0.4, 0.5) is 0 Å². The molecule has 0 bridgehead atoms. The van der Waals surface area contributed by atoms with E-state index in [2.05, 4.69) is 41.0 Å². The van der Waals surface area contributed by atoms with E-state index in [9.17, 15) is 4.79 Å². The monoisotopic (exact) mass is 407 g/mol. The van der Waals surface area contributed by atoms with Gasteiger partial charge in [0.2, 0.25) is 0 Å². The Morgan fingerprint density at radius 1 is 1.10 bits per heavy atom. The van der Waals surface area contributed by atoms with Crippen molar-refractivity contribution < 1.29 is 19.0 Å². The third-order valence-corrected chi connectivity index (χ3v) is 4.83. The van der Waals surface area contributed by atoms with Crippen LogP contribution in [-0.4, -0.2) is 42.0 Å². The van der Waals surface area contributed by atoms with Crippen molar-refractivity contribution in [2.75, 3.05) is 13.2 Å². The third kappa shape index (κ3) is 6.43. The highest BCUT2D eigenvalue weighted by atomic mass is 16.7. The Morgan fingerprint density at radius 3 is 2.13 bits per heavy atom. The first-order valence-electron chi connectivity index (χ1n) is 10.3. The second kappa shape index (κ2) is 10.4. The Balaban J connectivity index is 1.92. The number of carbonyl (C=O) groups excluding carboxylic acids is 1. The first kappa shape index (κ1) is 22.0. The van der Waals surface area contributed by atoms with E-state index in [1.165, 1.54) is 0 Å². The molecule has 3 rings (SSSR count). The average molecular weight is 408 g/mol. The van der Waals surface area contributed by atoms with Crippen molar-refractivity contribution in [2.45, 2.75) is 51.8 Å². The van der Waals surface area contributed by atoms with E-state index in [4.69, 9.17) is 14.2 Å². The Bertz CT molecular complexity index is 829. The zero-order valence-electron chi connectivity index (χ0n) is 17.8. The smallest absolute Gasteiger partial charge is 0.384 e. The van der Waals surface area contributed by atoms with Crippen LogP contribution in [0.5, 0.6) is 0 Å². The maximum atomic E-state index is 11.9. The van der Waals surface area contributed by atoms with Gasteiger partial charge in [-0.05, 0) is 31.9 Å². The summed E-state index contributed by atoms with van der Waals surface area (Å²) in [6.07, 6.45) is -0.283. The molecule has 0 amide bonds. The molecular weight excluding hydrogens is 378 g/mol. The largest absolute Gasteiger partial charge is 0.456 e. The summed E-state index contributed by atoms with van der Waals surface area (Å²) in [6, 6.07) is 20.1. The summed E-state index contributed by atoms with van der Waals surface area (Å²) in [5, 5.41) is 0. The van der Waals surface area contributed by atoms with Gasteiger partial charge in [-0.2, -0.15) is 0 Å². The van der Waals surface area contributed by atoms with E-state index in [-0.39, 0.29) is 12.1 Å². The van der Waals surface area contributed by atoms with Crippen molar-refractivity contribution >= 4 is 5.97 Å². The van der Waals surface area contributed by atoms with Crippen LogP contribution in [0.2, 0.25) is 0 Å². The van der Waals surface area contributed by atoms with E-state index in [1.807, 2.05) is 50.2 Å². The molecule has 1 saturated heterocycles. The molecule has 0 radical (unpaired) electrons. The highest BCUT2D eigenvalue weighted by Gasteiger charge is 2.39. The van der Waals surface area contributed by atoms with Gasteiger partial charge < -0.3 is 14.2 Å². The quantitative estimate of drug-likeness (QED) is 0.397. The molecule has 0 N–H and O–H groups in total. The van der Waals surface area contributed by atoms with Gasteiger partial charge in [-0.1, -0.05) is 66.6 Å². The van der Waals surface area contributed by atoms with E-state index < -0.39 is 11.8 Å². The van der Waals surface area contributed by atoms with E-state index in [0.717, 1.165) is 11.1 Å². The molecule has 0 unspecified atom stereocenters. The van der Waals surface area contributed by atoms with Gasteiger partial charge in [0.15, 0.2) is 5.79 Å². The fraction of sp³-hybridized carbons (Fsp3) is 0.400. The molecule has 0 aliphatic carbocycles. The van der Waals surface area contributed by atoms with E-state index >= 15 is 0 Å². The van der Waals surface area contributed by atoms with Crippen LogP contribution in [-0.2, 0) is 32.1 Å². The van der Waals surface area contributed by atoms with Gasteiger partial charge in [0.25, 0.3) is 0 Å². The SMILES string of the molecule is CCOC(=O)C#C[C@H]([C@H]1COC(C)(C)O1)N(Cc1ccccc1)Cc1ccccc1. The molecule has 2 aromatic rings. The van der Waals surface area contributed by atoms with E-state index in [1.54, 1.807) is 6.92 Å². The van der Waals surface area contributed by atoms with Crippen molar-refractivity contribution in [3.05, 3.63) is 71.8 Å². The maximum absolute atomic E-state index is 11.9. The Labute approximate surface area is 178 Å². The Hall–Kier alpha value is -2.65. The number of nitrogens with zero attached hydrogens (tertiary/aromatic N) is 1. The van der Waals surface area contributed by atoms with Crippen LogP contribution in [0.25, 0.3) is 0 Å². The molecule has 30 heavy (non-hydrogen) atoms. The Morgan fingerprint density at radius 2 is 1.67 bits per heavy atom. The molecule has 0 spiro atoms. The predicted octanol–water partition coefficient (Wildman–Crippen LogP) is 3.78. The third-order valence-electron chi connectivity index (χ3n) is 4.83. The fourth-order valence-corrected chi connectivity index (χ4v) is 3.48. The van der Waals surface area contributed by atoms with Crippen LogP contribution in [0.15, 0.2) is 60.7 Å². The molecule has 158 valence electrons. The standard InChI is InChI=1S/C25H29NO4/c1-4-28-24(27)16-15-22(23-19-29-25(2,3)30-23)26(17-20-11-7-5-8-12-20)18-21-13-9-6-10-14-21/h5-14,22-23H,4,17-19H2,1-3H3/t22-,23-/m1/s1. The van der Waals surface area contributed by atoms with Crippen molar-refractivity contribution in [3.63, 3.8) is 0 Å². The van der Waals surface area contributed by atoms with Gasteiger partial charge in [0.05, 0.1) is 13.2 Å². The molecule has 1 aliphatic heterocycles. The highest BCUT2D eigenvalue weighted by molar-refractivity contribution is 5.88. The van der Waals surface area contributed by atoms with Gasteiger partial charge in [0.1, 0.15) is 12.1 Å². The topological polar surface area (TPSA) is 48.0 Å². The van der Waals surface area contributed by atoms with Crippen LogP contribution >= 0.6 is 0 Å². The molecule has 1 fully saturated rings. The van der Waals surface area contributed by atoms with Crippen LogP contribution in [0, 0.1) is 11.8 Å². The van der Waals surface area contributed by atoms with Crippen molar-refractivity contribution in [1.82, 2.24) is 4.90 Å². The summed E-state index contributed by atoms with van der Waals surface area (Å²) >= 11 is 0. The lowest BCUT2D eigenvalue weighted by Gasteiger charge is -2.32. The summed E-state index contributed by atoms with van der Waals surface area (Å²) in [5.41, 5.74) is 2.32. The molecule has 5 heteroatoms. The van der Waals surface area contributed by atoms with Crippen LogP contribution in [0.1, 0.15) is 31.9 Å². The van der Waals surface area contributed by atoms with Crippen molar-refractivity contribution in [1.29, 1.82) is 0 Å². The summed E-state index contributed by atoms with van der Waals surface area (Å²) < 4.78 is 17.0.